The zero-order valence-electron chi connectivity index (χ0n) is 17.2. The summed E-state index contributed by atoms with van der Waals surface area (Å²) in [6.07, 6.45) is 7.00. The Kier molecular flexibility index (Phi) is 7.01. The van der Waals surface area contributed by atoms with E-state index >= 15 is 0 Å². The number of aryl methyl sites for hydroxylation is 2. The summed E-state index contributed by atoms with van der Waals surface area (Å²) in [6.45, 7) is 10.3. The first kappa shape index (κ1) is 20.0. The maximum absolute atomic E-state index is 6.16. The van der Waals surface area contributed by atoms with E-state index in [-0.39, 0.29) is 0 Å². The molecule has 0 bridgehead atoms. The summed E-state index contributed by atoms with van der Waals surface area (Å²) < 4.78 is 14.9. The second kappa shape index (κ2) is 9.45. The standard InChI is InChI=1S/C24H32O2S/c1-5-7-9-11-25-21-15-20-19-13-17(3)18(4)14-23(19)27-24(20)16-22(21)26-12-10-8-6-2/h13-16H,5-12H2,1-4H3. The van der Waals surface area contributed by atoms with Crippen LogP contribution in [0, 0.1) is 13.8 Å². The van der Waals surface area contributed by atoms with Gasteiger partial charge < -0.3 is 9.47 Å². The first-order valence-corrected chi connectivity index (χ1v) is 11.2. The van der Waals surface area contributed by atoms with Gasteiger partial charge in [-0.3, -0.25) is 0 Å². The Hall–Kier alpha value is -1.74. The third kappa shape index (κ3) is 4.76. The quantitative estimate of drug-likeness (QED) is 0.332. The highest BCUT2D eigenvalue weighted by molar-refractivity contribution is 7.25. The largest absolute Gasteiger partial charge is 0.490 e. The molecule has 0 aliphatic rings. The maximum Gasteiger partial charge on any atom is 0.162 e. The number of fused-ring (bicyclic) bond motifs is 3. The van der Waals surface area contributed by atoms with Gasteiger partial charge in [-0.1, -0.05) is 39.5 Å². The Bertz CT molecular complexity index is 894. The predicted octanol–water partition coefficient (Wildman–Crippen LogP) is 7.81. The van der Waals surface area contributed by atoms with Crippen LogP contribution < -0.4 is 9.47 Å². The van der Waals surface area contributed by atoms with Crippen LogP contribution in [-0.4, -0.2) is 13.2 Å². The molecule has 0 fully saturated rings. The second-order valence-electron chi connectivity index (χ2n) is 7.44. The molecule has 0 amide bonds. The topological polar surface area (TPSA) is 18.5 Å². The van der Waals surface area contributed by atoms with Crippen LogP contribution in [0.3, 0.4) is 0 Å². The van der Waals surface area contributed by atoms with Gasteiger partial charge in [0.05, 0.1) is 13.2 Å². The first-order chi connectivity index (χ1) is 13.1. The van der Waals surface area contributed by atoms with Crippen molar-refractivity contribution in [3.05, 3.63) is 35.4 Å². The SMILES string of the molecule is CCCCCOc1cc2sc3cc(C)c(C)cc3c2cc1OCCCCC. The van der Waals surface area contributed by atoms with Crippen LogP contribution in [0.15, 0.2) is 24.3 Å². The van der Waals surface area contributed by atoms with Crippen LogP contribution in [-0.2, 0) is 0 Å². The minimum atomic E-state index is 0.755. The maximum atomic E-state index is 6.16. The van der Waals surface area contributed by atoms with Crippen molar-refractivity contribution in [2.75, 3.05) is 13.2 Å². The molecular weight excluding hydrogens is 352 g/mol. The Labute approximate surface area is 167 Å². The number of hydrogen-bond acceptors (Lipinski definition) is 3. The van der Waals surface area contributed by atoms with Gasteiger partial charge in [0, 0.05) is 26.2 Å². The third-order valence-corrected chi connectivity index (χ3v) is 6.28. The number of rotatable bonds is 10. The van der Waals surface area contributed by atoms with Crippen LogP contribution >= 0.6 is 11.3 Å². The van der Waals surface area contributed by atoms with Crippen molar-refractivity contribution in [1.82, 2.24) is 0 Å². The second-order valence-corrected chi connectivity index (χ2v) is 8.52. The third-order valence-electron chi connectivity index (χ3n) is 5.16. The highest BCUT2D eigenvalue weighted by Crippen LogP contribution is 2.41. The lowest BCUT2D eigenvalue weighted by atomic mass is 10.1. The number of ether oxygens (including phenoxy) is 2. The van der Waals surface area contributed by atoms with Gasteiger partial charge in [0.15, 0.2) is 11.5 Å². The lowest BCUT2D eigenvalue weighted by Gasteiger charge is -2.13. The molecule has 0 aliphatic carbocycles. The van der Waals surface area contributed by atoms with Gasteiger partial charge in [0.25, 0.3) is 0 Å². The molecule has 0 aliphatic heterocycles. The van der Waals surface area contributed by atoms with Crippen LogP contribution in [0.2, 0.25) is 0 Å². The van der Waals surface area contributed by atoms with Crippen LogP contribution in [0.5, 0.6) is 11.5 Å². The molecule has 0 N–H and O–H groups in total. The van der Waals surface area contributed by atoms with Crippen molar-refractivity contribution in [2.24, 2.45) is 0 Å². The smallest absolute Gasteiger partial charge is 0.162 e. The summed E-state index contributed by atoms with van der Waals surface area (Å²) in [5.74, 6) is 1.79. The summed E-state index contributed by atoms with van der Waals surface area (Å²) in [4.78, 5) is 0. The Morgan fingerprint density at radius 2 is 1.19 bits per heavy atom. The summed E-state index contributed by atoms with van der Waals surface area (Å²) in [5, 5.41) is 2.61. The average Bonchev–Trinajstić information content (AvgIpc) is 2.99. The Morgan fingerprint density at radius 1 is 0.667 bits per heavy atom. The molecule has 0 saturated heterocycles. The van der Waals surface area contributed by atoms with Gasteiger partial charge in [0.2, 0.25) is 0 Å². The molecule has 1 aromatic heterocycles. The summed E-state index contributed by atoms with van der Waals surface area (Å²) in [5.41, 5.74) is 2.69. The molecule has 2 aromatic carbocycles. The van der Waals surface area contributed by atoms with Crippen molar-refractivity contribution in [1.29, 1.82) is 0 Å². The molecule has 0 atom stereocenters. The fourth-order valence-electron chi connectivity index (χ4n) is 3.33. The lowest BCUT2D eigenvalue weighted by Crippen LogP contribution is -2.02. The minimum Gasteiger partial charge on any atom is -0.490 e. The molecule has 3 rings (SSSR count). The molecule has 0 radical (unpaired) electrons. The molecule has 0 saturated carbocycles. The number of hydrogen-bond donors (Lipinski definition) is 0. The molecule has 0 spiro atoms. The van der Waals surface area contributed by atoms with Crippen molar-refractivity contribution < 1.29 is 9.47 Å². The normalized spacial score (nSPS) is 11.4. The molecule has 3 aromatic rings. The molecule has 146 valence electrons. The predicted molar refractivity (Wildman–Crippen MR) is 119 cm³/mol. The Balaban J connectivity index is 1.95. The van der Waals surface area contributed by atoms with Gasteiger partial charge in [-0.25, -0.2) is 0 Å². The van der Waals surface area contributed by atoms with E-state index < -0.39 is 0 Å². The van der Waals surface area contributed by atoms with Crippen molar-refractivity contribution >= 4 is 31.5 Å². The van der Waals surface area contributed by atoms with E-state index in [0.717, 1.165) is 37.6 Å². The zero-order valence-corrected chi connectivity index (χ0v) is 18.0. The number of thiophene rings is 1. The summed E-state index contributed by atoms with van der Waals surface area (Å²) in [6, 6.07) is 9.00. The van der Waals surface area contributed by atoms with Gasteiger partial charge in [-0.15, -0.1) is 11.3 Å². The van der Waals surface area contributed by atoms with Crippen LogP contribution in [0.25, 0.3) is 20.2 Å². The highest BCUT2D eigenvalue weighted by Gasteiger charge is 2.13. The van der Waals surface area contributed by atoms with E-state index in [4.69, 9.17) is 9.47 Å². The van der Waals surface area contributed by atoms with E-state index in [1.54, 1.807) is 0 Å². The molecule has 27 heavy (non-hydrogen) atoms. The van der Waals surface area contributed by atoms with Crippen molar-refractivity contribution in [3.63, 3.8) is 0 Å². The zero-order chi connectivity index (χ0) is 19.2. The number of benzene rings is 2. The number of unbranched alkanes of at least 4 members (excludes halogenated alkanes) is 4. The first-order valence-electron chi connectivity index (χ1n) is 10.4. The van der Waals surface area contributed by atoms with Crippen molar-refractivity contribution in [2.45, 2.75) is 66.2 Å². The lowest BCUT2D eigenvalue weighted by molar-refractivity contribution is 0.260. The fraction of sp³-hybridized carbons (Fsp3) is 0.500. The minimum absolute atomic E-state index is 0.755. The van der Waals surface area contributed by atoms with Crippen molar-refractivity contribution in [3.8, 4) is 11.5 Å². The van der Waals surface area contributed by atoms with Crippen LogP contribution in [0.1, 0.15) is 63.5 Å². The van der Waals surface area contributed by atoms with Gasteiger partial charge >= 0.3 is 0 Å². The van der Waals surface area contributed by atoms with E-state index in [9.17, 15) is 0 Å². The molecule has 0 unspecified atom stereocenters. The van der Waals surface area contributed by atoms with Gasteiger partial charge in [-0.05, 0) is 56.0 Å². The Morgan fingerprint density at radius 3 is 1.81 bits per heavy atom. The van der Waals surface area contributed by atoms with E-state index in [1.807, 2.05) is 11.3 Å². The monoisotopic (exact) mass is 384 g/mol. The van der Waals surface area contributed by atoms with E-state index in [1.165, 1.54) is 57.0 Å². The summed E-state index contributed by atoms with van der Waals surface area (Å²) >= 11 is 1.85. The summed E-state index contributed by atoms with van der Waals surface area (Å²) in [7, 11) is 0. The van der Waals surface area contributed by atoms with Crippen LogP contribution in [0.4, 0.5) is 0 Å². The molecule has 1 heterocycles. The van der Waals surface area contributed by atoms with Gasteiger partial charge in [-0.2, -0.15) is 0 Å². The molecule has 3 heteroatoms. The fourth-order valence-corrected chi connectivity index (χ4v) is 4.53. The van der Waals surface area contributed by atoms with Gasteiger partial charge in [0.1, 0.15) is 0 Å². The average molecular weight is 385 g/mol. The van der Waals surface area contributed by atoms with E-state index in [0.29, 0.717) is 0 Å². The van der Waals surface area contributed by atoms with E-state index in [2.05, 4.69) is 52.0 Å². The molecule has 2 nitrogen and oxygen atoms in total. The molecular formula is C24H32O2S. The highest BCUT2D eigenvalue weighted by atomic mass is 32.1.